The molecule has 7 heteroatoms. The van der Waals surface area contributed by atoms with E-state index in [-0.39, 0.29) is 10.9 Å². The normalized spacial score (nSPS) is 19.4. The molecule has 0 atom stereocenters. The SMILES string of the molecule is Cn1nccc1S(=O)(=O)N1CCC(C=O)CC1. The van der Waals surface area contributed by atoms with Crippen LogP contribution in [0.5, 0.6) is 0 Å². The number of sulfonamides is 1. The van der Waals surface area contributed by atoms with Crippen LogP contribution in [0.2, 0.25) is 0 Å². The zero-order valence-corrected chi connectivity index (χ0v) is 10.4. The van der Waals surface area contributed by atoms with E-state index < -0.39 is 10.0 Å². The van der Waals surface area contributed by atoms with Crippen molar-refractivity contribution in [2.24, 2.45) is 13.0 Å². The monoisotopic (exact) mass is 257 g/mol. The first-order valence-electron chi connectivity index (χ1n) is 5.49. The first-order valence-corrected chi connectivity index (χ1v) is 6.93. The van der Waals surface area contributed by atoms with Crippen molar-refractivity contribution < 1.29 is 13.2 Å². The number of aryl methyl sites for hydroxylation is 1. The van der Waals surface area contributed by atoms with Gasteiger partial charge in [0, 0.05) is 26.1 Å². The van der Waals surface area contributed by atoms with E-state index in [4.69, 9.17) is 0 Å². The second-order valence-electron chi connectivity index (χ2n) is 4.17. The van der Waals surface area contributed by atoms with Crippen LogP contribution < -0.4 is 0 Å². The topological polar surface area (TPSA) is 72.3 Å². The van der Waals surface area contributed by atoms with Crippen LogP contribution >= 0.6 is 0 Å². The molecule has 2 heterocycles. The molecule has 1 aliphatic rings. The molecule has 0 aliphatic carbocycles. The van der Waals surface area contributed by atoms with Crippen molar-refractivity contribution in [1.82, 2.24) is 14.1 Å². The number of carbonyl (C=O) groups excluding carboxylic acids is 1. The largest absolute Gasteiger partial charge is 0.303 e. The molecule has 1 saturated heterocycles. The first kappa shape index (κ1) is 12.3. The van der Waals surface area contributed by atoms with E-state index >= 15 is 0 Å². The lowest BCUT2D eigenvalue weighted by Crippen LogP contribution is -2.39. The van der Waals surface area contributed by atoms with Crippen molar-refractivity contribution in [2.45, 2.75) is 17.9 Å². The quantitative estimate of drug-likeness (QED) is 0.716. The van der Waals surface area contributed by atoms with Gasteiger partial charge in [-0.25, -0.2) is 8.42 Å². The fraction of sp³-hybridized carbons (Fsp3) is 0.600. The Hall–Kier alpha value is -1.21. The highest BCUT2D eigenvalue weighted by atomic mass is 32.2. The number of aldehydes is 1. The summed E-state index contributed by atoms with van der Waals surface area (Å²) in [6, 6.07) is 1.49. The summed E-state index contributed by atoms with van der Waals surface area (Å²) < 4.78 is 27.3. The molecule has 6 nitrogen and oxygen atoms in total. The fourth-order valence-corrected chi connectivity index (χ4v) is 3.57. The number of carbonyl (C=O) groups is 1. The summed E-state index contributed by atoms with van der Waals surface area (Å²) in [6.07, 6.45) is 3.57. The molecule has 0 bridgehead atoms. The van der Waals surface area contributed by atoms with Gasteiger partial charge in [0.15, 0.2) is 5.03 Å². The molecular weight excluding hydrogens is 242 g/mol. The van der Waals surface area contributed by atoms with Crippen molar-refractivity contribution in [3.63, 3.8) is 0 Å². The highest BCUT2D eigenvalue weighted by Gasteiger charge is 2.30. The highest BCUT2D eigenvalue weighted by Crippen LogP contribution is 2.22. The van der Waals surface area contributed by atoms with Crippen LogP contribution in [0.1, 0.15) is 12.8 Å². The first-order chi connectivity index (χ1) is 8.05. The average Bonchev–Trinajstić information content (AvgIpc) is 2.76. The predicted octanol–water partition coefficient (Wildman–Crippen LogP) is 0.0197. The molecular formula is C10H15N3O3S. The summed E-state index contributed by atoms with van der Waals surface area (Å²) in [5.41, 5.74) is 0. The van der Waals surface area contributed by atoms with Gasteiger partial charge in [0.1, 0.15) is 6.29 Å². The van der Waals surface area contributed by atoms with E-state index in [1.54, 1.807) is 7.05 Å². The van der Waals surface area contributed by atoms with Gasteiger partial charge >= 0.3 is 0 Å². The van der Waals surface area contributed by atoms with Gasteiger partial charge in [-0.2, -0.15) is 9.40 Å². The fourth-order valence-electron chi connectivity index (χ4n) is 2.00. The van der Waals surface area contributed by atoms with Gasteiger partial charge in [-0.05, 0) is 18.9 Å². The lowest BCUT2D eigenvalue weighted by atomic mass is 10.0. The minimum Gasteiger partial charge on any atom is -0.303 e. The van der Waals surface area contributed by atoms with Crippen LogP contribution in [0.15, 0.2) is 17.3 Å². The third-order valence-corrected chi connectivity index (χ3v) is 5.05. The molecule has 0 unspecified atom stereocenters. The van der Waals surface area contributed by atoms with Crippen molar-refractivity contribution >= 4 is 16.3 Å². The molecule has 1 fully saturated rings. The van der Waals surface area contributed by atoms with E-state index in [1.807, 2.05) is 0 Å². The van der Waals surface area contributed by atoms with E-state index in [0.29, 0.717) is 25.9 Å². The molecule has 0 amide bonds. The minimum absolute atomic E-state index is 0.00649. The minimum atomic E-state index is -3.46. The lowest BCUT2D eigenvalue weighted by Gasteiger charge is -2.28. The van der Waals surface area contributed by atoms with Gasteiger partial charge in [0.05, 0.1) is 6.20 Å². The van der Waals surface area contributed by atoms with Crippen molar-refractivity contribution in [2.75, 3.05) is 13.1 Å². The van der Waals surface area contributed by atoms with Gasteiger partial charge in [0.2, 0.25) is 0 Å². The maximum Gasteiger partial charge on any atom is 0.260 e. The van der Waals surface area contributed by atoms with Crippen molar-refractivity contribution in [3.8, 4) is 0 Å². The number of rotatable bonds is 3. The van der Waals surface area contributed by atoms with Crippen LogP contribution in [0.25, 0.3) is 0 Å². The molecule has 0 aromatic carbocycles. The zero-order valence-electron chi connectivity index (χ0n) is 9.61. The van der Waals surface area contributed by atoms with Crippen molar-refractivity contribution in [1.29, 1.82) is 0 Å². The highest BCUT2D eigenvalue weighted by molar-refractivity contribution is 7.89. The average molecular weight is 257 g/mol. The standard InChI is InChI=1S/C10H15N3O3S/c1-12-10(2-5-11-12)17(15,16)13-6-3-9(8-14)4-7-13/h2,5,8-9H,3-4,6-7H2,1H3. The van der Waals surface area contributed by atoms with Crippen molar-refractivity contribution in [3.05, 3.63) is 12.3 Å². The Morgan fingerprint density at radius 3 is 2.53 bits per heavy atom. The number of aromatic nitrogens is 2. The van der Waals surface area contributed by atoms with Gasteiger partial charge in [-0.3, -0.25) is 4.68 Å². The van der Waals surface area contributed by atoms with Gasteiger partial charge in [0.25, 0.3) is 10.0 Å². The Bertz CT molecular complexity index is 501. The molecule has 0 saturated carbocycles. The van der Waals surface area contributed by atoms with Crippen LogP contribution in [0.3, 0.4) is 0 Å². The van der Waals surface area contributed by atoms with E-state index in [0.717, 1.165) is 6.29 Å². The summed E-state index contributed by atoms with van der Waals surface area (Å²) in [4.78, 5) is 10.6. The van der Waals surface area contributed by atoms with Crippen LogP contribution in [0.4, 0.5) is 0 Å². The second kappa shape index (κ2) is 4.58. The molecule has 17 heavy (non-hydrogen) atoms. The third kappa shape index (κ3) is 2.25. The molecule has 2 rings (SSSR count). The lowest BCUT2D eigenvalue weighted by molar-refractivity contribution is -0.112. The Morgan fingerprint density at radius 1 is 1.41 bits per heavy atom. The summed E-state index contributed by atoms with van der Waals surface area (Å²) >= 11 is 0. The van der Waals surface area contributed by atoms with E-state index in [2.05, 4.69) is 5.10 Å². The second-order valence-corrected chi connectivity index (χ2v) is 6.06. The molecule has 1 aromatic heterocycles. The number of nitrogens with zero attached hydrogens (tertiary/aromatic N) is 3. The maximum atomic E-state index is 12.2. The van der Waals surface area contributed by atoms with Crippen LogP contribution in [-0.2, 0) is 21.9 Å². The van der Waals surface area contributed by atoms with Gasteiger partial charge in [-0.1, -0.05) is 0 Å². The number of hydrogen-bond donors (Lipinski definition) is 0. The van der Waals surface area contributed by atoms with Crippen LogP contribution in [0, 0.1) is 5.92 Å². The molecule has 1 aliphatic heterocycles. The molecule has 1 aromatic rings. The Labute approximate surface area is 100 Å². The summed E-state index contributed by atoms with van der Waals surface area (Å²) in [7, 11) is -1.86. The Morgan fingerprint density at radius 2 is 2.06 bits per heavy atom. The number of hydrogen-bond acceptors (Lipinski definition) is 4. The molecule has 0 spiro atoms. The summed E-state index contributed by atoms with van der Waals surface area (Å²) in [5, 5.41) is 4.06. The zero-order chi connectivity index (χ0) is 12.5. The molecule has 0 N–H and O–H groups in total. The van der Waals surface area contributed by atoms with E-state index in [9.17, 15) is 13.2 Å². The Kier molecular flexibility index (Phi) is 3.30. The predicted molar refractivity (Wildman–Crippen MR) is 60.8 cm³/mol. The summed E-state index contributed by atoms with van der Waals surface area (Å²) in [5.74, 6) is -0.00649. The van der Waals surface area contributed by atoms with Gasteiger partial charge in [-0.15, -0.1) is 0 Å². The van der Waals surface area contributed by atoms with Crippen LogP contribution in [-0.4, -0.2) is 41.9 Å². The van der Waals surface area contributed by atoms with Gasteiger partial charge < -0.3 is 4.79 Å². The molecule has 0 radical (unpaired) electrons. The smallest absolute Gasteiger partial charge is 0.260 e. The molecule has 94 valence electrons. The summed E-state index contributed by atoms with van der Waals surface area (Å²) in [6.45, 7) is 0.799. The Balaban J connectivity index is 2.18. The maximum absolute atomic E-state index is 12.2. The number of piperidine rings is 1. The van der Waals surface area contributed by atoms with E-state index in [1.165, 1.54) is 21.3 Å². The third-order valence-electron chi connectivity index (χ3n) is 3.07.